The van der Waals surface area contributed by atoms with Gasteiger partial charge in [0.05, 0.1) is 31.5 Å². The molecule has 0 atom stereocenters. The Balaban J connectivity index is 1.74. The number of hydrogen-bond donors (Lipinski definition) is 1. The van der Waals surface area contributed by atoms with Crippen LogP contribution in [-0.2, 0) is 4.74 Å². The summed E-state index contributed by atoms with van der Waals surface area (Å²) in [7, 11) is 1.66. The van der Waals surface area contributed by atoms with Crippen LogP contribution in [0, 0.1) is 0 Å². The van der Waals surface area contributed by atoms with Gasteiger partial charge >= 0.3 is 0 Å². The molecule has 0 amide bonds. The molecule has 5 nitrogen and oxygen atoms in total. The molecule has 1 aliphatic rings. The molecule has 0 spiro atoms. The van der Waals surface area contributed by atoms with Gasteiger partial charge in [-0.05, 0) is 42.5 Å². The molecule has 1 aromatic heterocycles. The predicted molar refractivity (Wildman–Crippen MR) is 106 cm³/mol. The molecule has 3 aromatic rings. The summed E-state index contributed by atoms with van der Waals surface area (Å²) in [4.78, 5) is 7.05. The Morgan fingerprint density at radius 3 is 2.58 bits per heavy atom. The van der Waals surface area contributed by atoms with Crippen LogP contribution < -0.4 is 15.0 Å². The average molecular weight is 370 g/mol. The van der Waals surface area contributed by atoms with Gasteiger partial charge in [-0.3, -0.25) is 0 Å². The van der Waals surface area contributed by atoms with Gasteiger partial charge in [-0.15, -0.1) is 0 Å². The Kier molecular flexibility index (Phi) is 4.82. The first-order valence-electron chi connectivity index (χ1n) is 8.57. The lowest BCUT2D eigenvalue weighted by Gasteiger charge is -2.28. The lowest BCUT2D eigenvalue weighted by atomic mass is 10.1. The Labute approximate surface area is 157 Å². The van der Waals surface area contributed by atoms with E-state index in [9.17, 15) is 0 Å². The van der Waals surface area contributed by atoms with Crippen LogP contribution >= 0.6 is 11.6 Å². The maximum absolute atomic E-state index is 6.19. The number of benzene rings is 2. The third-order valence-corrected chi connectivity index (χ3v) is 4.70. The maximum atomic E-state index is 6.19. The van der Waals surface area contributed by atoms with E-state index in [0.29, 0.717) is 5.02 Å². The number of ether oxygens (including phenoxy) is 2. The number of aromatic nitrogens is 1. The molecule has 1 N–H and O–H groups in total. The van der Waals surface area contributed by atoms with E-state index in [0.717, 1.165) is 60.1 Å². The molecule has 0 unspecified atom stereocenters. The lowest BCUT2D eigenvalue weighted by molar-refractivity contribution is 0.122. The minimum absolute atomic E-state index is 0.680. The highest BCUT2D eigenvalue weighted by atomic mass is 35.5. The third-order valence-electron chi connectivity index (χ3n) is 4.46. The van der Waals surface area contributed by atoms with Crippen molar-refractivity contribution in [2.45, 2.75) is 0 Å². The molecule has 0 bridgehead atoms. The molecule has 2 heterocycles. The van der Waals surface area contributed by atoms with Crippen molar-refractivity contribution in [3.8, 4) is 5.75 Å². The minimum Gasteiger partial charge on any atom is -0.497 e. The molecule has 134 valence electrons. The highest BCUT2D eigenvalue weighted by Gasteiger charge is 2.15. The molecule has 0 saturated carbocycles. The molecule has 0 aliphatic carbocycles. The Hall–Kier alpha value is -2.50. The van der Waals surface area contributed by atoms with Gasteiger partial charge < -0.3 is 19.7 Å². The number of morpholine rings is 1. The monoisotopic (exact) mass is 369 g/mol. The first kappa shape index (κ1) is 16.9. The van der Waals surface area contributed by atoms with Crippen molar-refractivity contribution in [1.29, 1.82) is 0 Å². The third kappa shape index (κ3) is 3.54. The summed E-state index contributed by atoms with van der Waals surface area (Å²) in [5.74, 6) is 1.76. The molecule has 1 saturated heterocycles. The van der Waals surface area contributed by atoms with Crippen molar-refractivity contribution in [3.05, 3.63) is 53.6 Å². The van der Waals surface area contributed by atoms with Crippen molar-refractivity contribution in [3.63, 3.8) is 0 Å². The van der Waals surface area contributed by atoms with E-state index in [-0.39, 0.29) is 0 Å². The number of pyridine rings is 1. The SMILES string of the molecule is COc1ccc(Nc2cc(N3CCOCC3)nc3cc(Cl)ccc23)cc1. The number of methoxy groups -OCH3 is 1. The van der Waals surface area contributed by atoms with Gasteiger partial charge in [0, 0.05) is 35.3 Å². The summed E-state index contributed by atoms with van der Waals surface area (Å²) in [6, 6.07) is 15.7. The Morgan fingerprint density at radius 2 is 1.85 bits per heavy atom. The zero-order valence-corrected chi connectivity index (χ0v) is 15.3. The van der Waals surface area contributed by atoms with Crippen LogP contribution in [0.2, 0.25) is 5.02 Å². The number of rotatable bonds is 4. The predicted octanol–water partition coefficient (Wildman–Crippen LogP) is 4.48. The zero-order valence-electron chi connectivity index (χ0n) is 14.5. The van der Waals surface area contributed by atoms with Crippen LogP contribution in [0.25, 0.3) is 10.9 Å². The minimum atomic E-state index is 0.680. The summed E-state index contributed by atoms with van der Waals surface area (Å²) < 4.78 is 10.7. The summed E-state index contributed by atoms with van der Waals surface area (Å²) >= 11 is 6.19. The van der Waals surface area contributed by atoms with E-state index in [1.807, 2.05) is 42.5 Å². The van der Waals surface area contributed by atoms with E-state index >= 15 is 0 Å². The van der Waals surface area contributed by atoms with Crippen LogP contribution in [0.4, 0.5) is 17.2 Å². The maximum Gasteiger partial charge on any atom is 0.131 e. The van der Waals surface area contributed by atoms with Crippen LogP contribution in [0.1, 0.15) is 0 Å². The first-order chi connectivity index (χ1) is 12.7. The van der Waals surface area contributed by atoms with E-state index in [1.54, 1.807) is 7.11 Å². The topological polar surface area (TPSA) is 46.6 Å². The van der Waals surface area contributed by atoms with Crippen LogP contribution in [0.5, 0.6) is 5.75 Å². The summed E-state index contributed by atoms with van der Waals surface area (Å²) in [6.07, 6.45) is 0. The quantitative estimate of drug-likeness (QED) is 0.734. The van der Waals surface area contributed by atoms with Gasteiger partial charge in [0.15, 0.2) is 0 Å². The summed E-state index contributed by atoms with van der Waals surface area (Å²) in [6.45, 7) is 3.11. The van der Waals surface area contributed by atoms with Gasteiger partial charge in [0.25, 0.3) is 0 Å². The van der Waals surface area contributed by atoms with Crippen molar-refractivity contribution in [2.75, 3.05) is 43.6 Å². The van der Waals surface area contributed by atoms with E-state index in [2.05, 4.69) is 16.3 Å². The van der Waals surface area contributed by atoms with Crippen molar-refractivity contribution < 1.29 is 9.47 Å². The van der Waals surface area contributed by atoms with Gasteiger partial charge in [-0.1, -0.05) is 11.6 Å². The lowest BCUT2D eigenvalue weighted by Crippen LogP contribution is -2.36. The van der Waals surface area contributed by atoms with Crippen molar-refractivity contribution in [2.24, 2.45) is 0 Å². The fourth-order valence-electron chi connectivity index (χ4n) is 3.08. The fraction of sp³-hybridized carbons (Fsp3) is 0.250. The molecule has 0 radical (unpaired) electrons. The number of halogens is 1. The average Bonchev–Trinajstić information content (AvgIpc) is 2.69. The highest BCUT2D eigenvalue weighted by Crippen LogP contribution is 2.32. The molecule has 1 fully saturated rings. The smallest absolute Gasteiger partial charge is 0.131 e. The van der Waals surface area contributed by atoms with Crippen molar-refractivity contribution >= 4 is 39.7 Å². The summed E-state index contributed by atoms with van der Waals surface area (Å²) in [5.41, 5.74) is 2.86. The molecular weight excluding hydrogens is 350 g/mol. The Morgan fingerprint density at radius 1 is 1.08 bits per heavy atom. The molecule has 2 aromatic carbocycles. The second-order valence-electron chi connectivity index (χ2n) is 6.14. The summed E-state index contributed by atoms with van der Waals surface area (Å²) in [5, 5.41) is 5.21. The van der Waals surface area contributed by atoms with Crippen LogP contribution in [-0.4, -0.2) is 38.4 Å². The second kappa shape index (κ2) is 7.40. The second-order valence-corrected chi connectivity index (χ2v) is 6.58. The zero-order chi connectivity index (χ0) is 17.9. The number of hydrogen-bond acceptors (Lipinski definition) is 5. The largest absolute Gasteiger partial charge is 0.497 e. The number of nitrogens with one attached hydrogen (secondary N) is 1. The molecular formula is C20H20ClN3O2. The number of nitrogens with zero attached hydrogens (tertiary/aromatic N) is 2. The van der Waals surface area contributed by atoms with Crippen molar-refractivity contribution in [1.82, 2.24) is 4.98 Å². The first-order valence-corrected chi connectivity index (χ1v) is 8.95. The molecule has 4 rings (SSSR count). The Bertz CT molecular complexity index is 909. The van der Waals surface area contributed by atoms with Gasteiger partial charge in [0.1, 0.15) is 11.6 Å². The van der Waals surface area contributed by atoms with E-state index in [4.69, 9.17) is 26.1 Å². The van der Waals surface area contributed by atoms with Crippen LogP contribution in [0.3, 0.4) is 0 Å². The van der Waals surface area contributed by atoms with Gasteiger partial charge in [-0.2, -0.15) is 0 Å². The van der Waals surface area contributed by atoms with Gasteiger partial charge in [0.2, 0.25) is 0 Å². The normalized spacial score (nSPS) is 14.5. The van der Waals surface area contributed by atoms with Crippen LogP contribution in [0.15, 0.2) is 48.5 Å². The van der Waals surface area contributed by atoms with Gasteiger partial charge in [-0.25, -0.2) is 4.98 Å². The fourth-order valence-corrected chi connectivity index (χ4v) is 3.24. The molecule has 6 heteroatoms. The highest BCUT2D eigenvalue weighted by molar-refractivity contribution is 6.31. The molecule has 1 aliphatic heterocycles. The molecule has 26 heavy (non-hydrogen) atoms. The van der Waals surface area contributed by atoms with E-state index in [1.165, 1.54) is 0 Å². The number of fused-ring (bicyclic) bond motifs is 1. The standard InChI is InChI=1S/C20H20ClN3O2/c1-25-16-5-3-15(4-6-16)22-19-13-20(24-8-10-26-11-9-24)23-18-12-14(21)2-7-17(18)19/h2-7,12-13H,8-11H2,1H3,(H,22,23). The number of anilines is 3. The van der Waals surface area contributed by atoms with E-state index < -0.39 is 0 Å².